The number of aliphatic hydroxyl groups excluding tert-OH is 1. The summed E-state index contributed by atoms with van der Waals surface area (Å²) >= 11 is 0. The molecule has 0 aliphatic carbocycles. The lowest BCUT2D eigenvalue weighted by Gasteiger charge is -2.35. The number of ether oxygens (including phenoxy) is 2. The largest absolute Gasteiger partial charge is 0.490 e. The Morgan fingerprint density at radius 3 is 2.48 bits per heavy atom. The summed E-state index contributed by atoms with van der Waals surface area (Å²) in [4.78, 5) is 18.0. The van der Waals surface area contributed by atoms with Crippen LogP contribution in [0.1, 0.15) is 56.0 Å². The van der Waals surface area contributed by atoms with Crippen LogP contribution in [0, 0.1) is 12.8 Å². The molecule has 0 bridgehead atoms. The minimum absolute atomic E-state index is 0.0187. The lowest BCUT2D eigenvalue weighted by atomic mass is 10.0. The fraction of sp³-hybridized carbons (Fsp3) is 0.567. The van der Waals surface area contributed by atoms with Gasteiger partial charge in [-0.1, -0.05) is 24.6 Å². The smallest absolute Gasteiger partial charge is 0.261 e. The van der Waals surface area contributed by atoms with Crippen LogP contribution < -0.4 is 9.46 Å². The van der Waals surface area contributed by atoms with Gasteiger partial charge in [-0.3, -0.25) is 9.52 Å². The number of hydrogen-bond acceptors (Lipinski definition) is 7. The number of hydrogen-bond donors (Lipinski definition) is 2. The summed E-state index contributed by atoms with van der Waals surface area (Å²) in [6.45, 7) is 9.16. The van der Waals surface area contributed by atoms with Gasteiger partial charge in [0.15, 0.2) is 0 Å². The first-order valence-electron chi connectivity index (χ1n) is 14.0. The molecular weight excluding hydrogens is 530 g/mol. The molecule has 2 N–H and O–H groups in total. The fourth-order valence-electron chi connectivity index (χ4n) is 4.74. The lowest BCUT2D eigenvalue weighted by Crippen LogP contribution is -2.47. The number of benzene rings is 2. The summed E-state index contributed by atoms with van der Waals surface area (Å²) in [5.74, 6) is 0.0270. The highest BCUT2D eigenvalue weighted by molar-refractivity contribution is 7.92. The Morgan fingerprint density at radius 2 is 1.82 bits per heavy atom. The predicted octanol–water partition coefficient (Wildman–Crippen LogP) is 4.15. The zero-order valence-electron chi connectivity index (χ0n) is 24.6. The van der Waals surface area contributed by atoms with Crippen molar-refractivity contribution in [1.29, 1.82) is 0 Å². The third-order valence-corrected chi connectivity index (χ3v) is 8.58. The zero-order valence-corrected chi connectivity index (χ0v) is 25.4. The van der Waals surface area contributed by atoms with Crippen molar-refractivity contribution in [1.82, 2.24) is 9.80 Å². The standard InChI is InChI=1S/C30H45N3O6S/c1-21-10-13-26(14-11-21)40(36,37)31-25-12-15-28-27(17-25)30(35)33(23(3)20-34)18-22(2)29(19-32(5)6)38-16-8-7-9-24(4)39-28/h10-15,17,22-24,29,31,34H,7-9,16,18-20H2,1-6H3/t22-,23-,24+,29-/m0/s1. The highest BCUT2D eigenvalue weighted by atomic mass is 32.2. The maximum absolute atomic E-state index is 14.1. The second-order valence-electron chi connectivity index (χ2n) is 11.2. The fourth-order valence-corrected chi connectivity index (χ4v) is 5.79. The molecule has 0 saturated heterocycles. The van der Waals surface area contributed by atoms with E-state index in [0.29, 0.717) is 25.4 Å². The second kappa shape index (κ2) is 14.3. The zero-order chi connectivity index (χ0) is 29.4. The Hall–Kier alpha value is -2.66. The Balaban J connectivity index is 2.02. The summed E-state index contributed by atoms with van der Waals surface area (Å²) in [7, 11) is 0.118. The molecule has 4 atom stereocenters. The lowest BCUT2D eigenvalue weighted by molar-refractivity contribution is -0.0137. The molecule has 40 heavy (non-hydrogen) atoms. The van der Waals surface area contributed by atoms with Gasteiger partial charge in [0, 0.05) is 31.3 Å². The van der Waals surface area contributed by atoms with Gasteiger partial charge >= 0.3 is 0 Å². The first-order valence-corrected chi connectivity index (χ1v) is 15.5. The van der Waals surface area contributed by atoms with Gasteiger partial charge in [0.1, 0.15) is 5.75 Å². The minimum atomic E-state index is -3.87. The van der Waals surface area contributed by atoms with Crippen LogP contribution in [0.15, 0.2) is 47.4 Å². The highest BCUT2D eigenvalue weighted by Gasteiger charge is 2.30. The molecule has 0 unspecified atom stereocenters. The van der Waals surface area contributed by atoms with Crippen LogP contribution in [0.25, 0.3) is 0 Å². The molecule has 0 aromatic heterocycles. The molecule has 0 fully saturated rings. The monoisotopic (exact) mass is 575 g/mol. The number of fused-ring (bicyclic) bond motifs is 1. The van der Waals surface area contributed by atoms with E-state index in [9.17, 15) is 18.3 Å². The van der Waals surface area contributed by atoms with Crippen molar-refractivity contribution in [2.45, 2.75) is 70.1 Å². The number of carbonyl (C=O) groups is 1. The molecular formula is C30H45N3O6S. The molecule has 0 spiro atoms. The highest BCUT2D eigenvalue weighted by Crippen LogP contribution is 2.29. The molecule has 2 aromatic rings. The van der Waals surface area contributed by atoms with Crippen molar-refractivity contribution in [2.24, 2.45) is 5.92 Å². The summed E-state index contributed by atoms with van der Waals surface area (Å²) < 4.78 is 41.3. The number of anilines is 1. The van der Waals surface area contributed by atoms with Crippen LogP contribution in [-0.4, -0.2) is 87.9 Å². The first kappa shape index (κ1) is 31.9. The van der Waals surface area contributed by atoms with E-state index in [1.165, 1.54) is 6.07 Å². The van der Waals surface area contributed by atoms with E-state index in [-0.39, 0.29) is 46.8 Å². The number of rotatable bonds is 7. The van der Waals surface area contributed by atoms with Crippen molar-refractivity contribution in [3.05, 3.63) is 53.6 Å². The van der Waals surface area contributed by atoms with Crippen LogP contribution in [0.3, 0.4) is 0 Å². The molecule has 0 radical (unpaired) electrons. The number of carbonyl (C=O) groups excluding carboxylic acids is 1. The first-order chi connectivity index (χ1) is 18.9. The van der Waals surface area contributed by atoms with Crippen molar-refractivity contribution in [3.8, 4) is 5.75 Å². The summed E-state index contributed by atoms with van der Waals surface area (Å²) in [5, 5.41) is 10.1. The minimum Gasteiger partial charge on any atom is -0.490 e. The normalized spacial score (nSPS) is 22.2. The van der Waals surface area contributed by atoms with Gasteiger partial charge in [-0.25, -0.2) is 8.42 Å². The SMILES string of the molecule is Cc1ccc(S(=O)(=O)Nc2ccc3c(c2)C(=O)N([C@@H](C)CO)C[C@H](C)[C@H](CN(C)C)OCCCC[C@@H](C)O3)cc1. The number of nitrogens with one attached hydrogen (secondary N) is 1. The maximum Gasteiger partial charge on any atom is 0.261 e. The second-order valence-corrected chi connectivity index (χ2v) is 12.9. The van der Waals surface area contributed by atoms with Gasteiger partial charge in [0.05, 0.1) is 35.3 Å². The van der Waals surface area contributed by atoms with Crippen LogP contribution in [-0.2, 0) is 14.8 Å². The van der Waals surface area contributed by atoms with E-state index in [2.05, 4.69) is 16.5 Å². The Bertz CT molecular complexity index is 1220. The molecule has 222 valence electrons. The van der Waals surface area contributed by atoms with E-state index in [1.54, 1.807) is 48.2 Å². The van der Waals surface area contributed by atoms with Gasteiger partial charge in [0.25, 0.3) is 15.9 Å². The average Bonchev–Trinajstić information content (AvgIpc) is 2.90. The van der Waals surface area contributed by atoms with Crippen molar-refractivity contribution < 1.29 is 27.8 Å². The maximum atomic E-state index is 14.1. The number of amides is 1. The van der Waals surface area contributed by atoms with E-state index >= 15 is 0 Å². The summed E-state index contributed by atoms with van der Waals surface area (Å²) in [5.41, 5.74) is 1.45. The number of sulfonamides is 1. The molecule has 1 amide bonds. The molecule has 2 aromatic carbocycles. The average molecular weight is 576 g/mol. The molecule has 1 aliphatic heterocycles. The third kappa shape index (κ3) is 8.67. The number of aliphatic hydroxyl groups is 1. The van der Waals surface area contributed by atoms with Crippen molar-refractivity contribution in [2.75, 3.05) is 45.1 Å². The van der Waals surface area contributed by atoms with E-state index in [1.807, 2.05) is 27.9 Å². The molecule has 1 heterocycles. The number of aryl methyl sites for hydroxylation is 1. The van der Waals surface area contributed by atoms with Crippen LogP contribution in [0.4, 0.5) is 5.69 Å². The van der Waals surface area contributed by atoms with E-state index in [4.69, 9.17) is 9.47 Å². The number of nitrogens with zero attached hydrogens (tertiary/aromatic N) is 2. The quantitative estimate of drug-likeness (QED) is 0.511. The van der Waals surface area contributed by atoms with Gasteiger partial charge in [0.2, 0.25) is 0 Å². The number of likely N-dealkylation sites (N-methyl/N-ethyl adjacent to an activating group) is 1. The Morgan fingerprint density at radius 1 is 1.12 bits per heavy atom. The van der Waals surface area contributed by atoms with Gasteiger partial charge in [-0.15, -0.1) is 0 Å². The summed E-state index contributed by atoms with van der Waals surface area (Å²) in [6.07, 6.45) is 2.33. The molecule has 9 nitrogen and oxygen atoms in total. The van der Waals surface area contributed by atoms with Crippen LogP contribution >= 0.6 is 0 Å². The molecule has 1 aliphatic rings. The topological polar surface area (TPSA) is 108 Å². The van der Waals surface area contributed by atoms with Gasteiger partial charge < -0.3 is 24.4 Å². The van der Waals surface area contributed by atoms with Crippen molar-refractivity contribution >= 4 is 21.6 Å². The van der Waals surface area contributed by atoms with E-state index < -0.39 is 16.1 Å². The Kier molecular flexibility index (Phi) is 11.4. The third-order valence-electron chi connectivity index (χ3n) is 7.18. The molecule has 3 rings (SSSR count). The Labute approximate surface area is 239 Å². The van der Waals surface area contributed by atoms with Crippen LogP contribution in [0.2, 0.25) is 0 Å². The van der Waals surface area contributed by atoms with Crippen LogP contribution in [0.5, 0.6) is 5.75 Å². The van der Waals surface area contributed by atoms with Gasteiger partial charge in [-0.2, -0.15) is 0 Å². The molecule has 10 heteroatoms. The van der Waals surface area contributed by atoms with Gasteiger partial charge in [-0.05, 0) is 84.5 Å². The molecule has 0 saturated carbocycles. The summed E-state index contributed by atoms with van der Waals surface area (Å²) in [6, 6.07) is 10.9. The van der Waals surface area contributed by atoms with Crippen molar-refractivity contribution in [3.63, 3.8) is 0 Å². The predicted molar refractivity (Wildman–Crippen MR) is 157 cm³/mol. The van der Waals surface area contributed by atoms with E-state index in [0.717, 1.165) is 24.8 Å².